The zero-order valence-electron chi connectivity index (χ0n) is 14.1. The molecule has 4 amide bonds. The van der Waals surface area contributed by atoms with E-state index in [1.807, 2.05) is 0 Å². The molecule has 0 aromatic heterocycles. The van der Waals surface area contributed by atoms with Crippen molar-refractivity contribution in [3.05, 3.63) is 30.1 Å². The van der Waals surface area contributed by atoms with Crippen LogP contribution in [0.25, 0.3) is 0 Å². The predicted molar refractivity (Wildman–Crippen MR) is 87.4 cm³/mol. The summed E-state index contributed by atoms with van der Waals surface area (Å²) in [5.74, 6) is -2.66. The molecule has 3 rings (SSSR count). The molecule has 26 heavy (non-hydrogen) atoms. The quantitative estimate of drug-likeness (QED) is 0.580. The largest absolute Gasteiger partial charge is 0.454 e. The Bertz CT molecular complexity index is 779. The van der Waals surface area contributed by atoms with Crippen molar-refractivity contribution in [1.82, 2.24) is 10.2 Å². The maximum Gasteiger partial charge on any atom is 0.326 e. The van der Waals surface area contributed by atoms with E-state index >= 15 is 0 Å². The van der Waals surface area contributed by atoms with Gasteiger partial charge in [0.2, 0.25) is 0 Å². The van der Waals surface area contributed by atoms with Crippen LogP contribution in [0.2, 0.25) is 0 Å². The van der Waals surface area contributed by atoms with Gasteiger partial charge in [0.1, 0.15) is 17.9 Å². The SMILES string of the molecule is C[C@]1(C2CC2)NC(=O)N(CC(=O)OCC(=O)Nc2ccccc2F)C1=O. The summed E-state index contributed by atoms with van der Waals surface area (Å²) in [6.07, 6.45) is 1.69. The van der Waals surface area contributed by atoms with Crippen LogP contribution in [-0.2, 0) is 19.1 Å². The van der Waals surface area contributed by atoms with Gasteiger partial charge >= 0.3 is 12.0 Å². The van der Waals surface area contributed by atoms with Crippen LogP contribution >= 0.6 is 0 Å². The zero-order chi connectivity index (χ0) is 18.9. The van der Waals surface area contributed by atoms with Crippen molar-refractivity contribution in [3.63, 3.8) is 0 Å². The fourth-order valence-electron chi connectivity index (χ4n) is 2.87. The molecule has 1 aromatic carbocycles. The summed E-state index contributed by atoms with van der Waals surface area (Å²) >= 11 is 0. The maximum atomic E-state index is 13.4. The minimum Gasteiger partial charge on any atom is -0.454 e. The molecule has 0 unspecified atom stereocenters. The summed E-state index contributed by atoms with van der Waals surface area (Å²) in [6, 6.07) is 4.89. The van der Waals surface area contributed by atoms with Crippen molar-refractivity contribution in [2.75, 3.05) is 18.5 Å². The highest BCUT2D eigenvalue weighted by atomic mass is 19.1. The normalized spacial score (nSPS) is 22.2. The fraction of sp³-hybridized carbons (Fsp3) is 0.412. The smallest absolute Gasteiger partial charge is 0.326 e. The van der Waals surface area contributed by atoms with Crippen LogP contribution in [0.3, 0.4) is 0 Å². The second-order valence-electron chi connectivity index (χ2n) is 6.49. The standard InChI is InChI=1S/C17H18FN3O5/c1-17(10-6-7-10)15(24)21(16(25)20-17)8-14(23)26-9-13(22)19-12-5-3-2-4-11(12)18/h2-5,10H,6-9H2,1H3,(H,19,22)(H,20,25)/t17-/m1/s1. The van der Waals surface area contributed by atoms with Crippen molar-refractivity contribution in [1.29, 1.82) is 0 Å². The first-order chi connectivity index (χ1) is 12.3. The van der Waals surface area contributed by atoms with Crippen LogP contribution in [0.4, 0.5) is 14.9 Å². The first-order valence-corrected chi connectivity index (χ1v) is 8.15. The molecule has 1 aliphatic heterocycles. The Labute approximate surface area is 148 Å². The van der Waals surface area contributed by atoms with E-state index in [2.05, 4.69) is 10.6 Å². The minimum absolute atomic E-state index is 0.0390. The highest BCUT2D eigenvalue weighted by molar-refractivity contribution is 6.09. The Morgan fingerprint density at radius 1 is 1.35 bits per heavy atom. The summed E-state index contributed by atoms with van der Waals surface area (Å²) in [5, 5.41) is 4.87. The fourth-order valence-corrected chi connectivity index (χ4v) is 2.87. The van der Waals surface area contributed by atoms with Crippen LogP contribution in [0.15, 0.2) is 24.3 Å². The summed E-state index contributed by atoms with van der Waals surface area (Å²) in [7, 11) is 0. The number of nitrogens with one attached hydrogen (secondary N) is 2. The van der Waals surface area contributed by atoms with Crippen molar-refractivity contribution < 1.29 is 28.3 Å². The van der Waals surface area contributed by atoms with Crippen molar-refractivity contribution in [2.24, 2.45) is 5.92 Å². The molecule has 1 heterocycles. The number of carbonyl (C=O) groups is 4. The monoisotopic (exact) mass is 363 g/mol. The molecule has 9 heteroatoms. The van der Waals surface area contributed by atoms with Gasteiger partial charge in [-0.2, -0.15) is 0 Å². The van der Waals surface area contributed by atoms with Gasteiger partial charge in [-0.3, -0.25) is 19.3 Å². The number of hydrogen-bond donors (Lipinski definition) is 2. The van der Waals surface area contributed by atoms with Gasteiger partial charge in [0, 0.05) is 0 Å². The van der Waals surface area contributed by atoms with Gasteiger partial charge < -0.3 is 15.4 Å². The van der Waals surface area contributed by atoms with E-state index in [1.54, 1.807) is 13.0 Å². The molecule has 1 saturated carbocycles. The van der Waals surface area contributed by atoms with E-state index in [-0.39, 0.29) is 11.6 Å². The second-order valence-corrected chi connectivity index (χ2v) is 6.49. The minimum atomic E-state index is -0.987. The molecule has 0 radical (unpaired) electrons. The predicted octanol–water partition coefficient (Wildman–Crippen LogP) is 1.03. The van der Waals surface area contributed by atoms with Crippen LogP contribution < -0.4 is 10.6 Å². The number of ether oxygens (including phenoxy) is 1. The number of esters is 1. The summed E-state index contributed by atoms with van der Waals surface area (Å²) in [5.41, 5.74) is -1.03. The third-order valence-corrected chi connectivity index (χ3v) is 4.49. The highest BCUT2D eigenvalue weighted by Crippen LogP contribution is 2.42. The highest BCUT2D eigenvalue weighted by Gasteiger charge is 2.56. The average molecular weight is 363 g/mol. The number of anilines is 1. The van der Waals surface area contributed by atoms with Crippen molar-refractivity contribution >= 4 is 29.5 Å². The molecular weight excluding hydrogens is 345 g/mol. The molecule has 2 N–H and O–H groups in total. The van der Waals surface area contributed by atoms with Crippen LogP contribution in [0.1, 0.15) is 19.8 Å². The Hall–Kier alpha value is -2.97. The van der Waals surface area contributed by atoms with Gasteiger partial charge in [0.15, 0.2) is 6.61 Å². The lowest BCUT2D eigenvalue weighted by molar-refractivity contribution is -0.150. The number of halogens is 1. The van der Waals surface area contributed by atoms with Crippen LogP contribution in [0, 0.1) is 11.7 Å². The van der Waals surface area contributed by atoms with Crippen LogP contribution in [0.5, 0.6) is 0 Å². The lowest BCUT2D eigenvalue weighted by atomic mass is 9.96. The van der Waals surface area contributed by atoms with Gasteiger partial charge in [-0.05, 0) is 37.8 Å². The van der Waals surface area contributed by atoms with E-state index in [4.69, 9.17) is 4.74 Å². The Balaban J connectivity index is 1.50. The molecule has 2 fully saturated rings. The number of amides is 4. The molecule has 2 aliphatic rings. The molecule has 8 nitrogen and oxygen atoms in total. The molecule has 0 spiro atoms. The van der Waals surface area contributed by atoms with Gasteiger partial charge in [0.25, 0.3) is 11.8 Å². The molecular formula is C17H18FN3O5. The summed E-state index contributed by atoms with van der Waals surface area (Å²) in [4.78, 5) is 48.7. The molecule has 1 atom stereocenters. The number of carbonyl (C=O) groups excluding carboxylic acids is 4. The summed E-state index contributed by atoms with van der Waals surface area (Å²) in [6.45, 7) is 0.398. The number of benzene rings is 1. The number of imide groups is 1. The lowest BCUT2D eigenvalue weighted by Crippen LogP contribution is -2.46. The van der Waals surface area contributed by atoms with Crippen LogP contribution in [-0.4, -0.2) is 47.4 Å². The third kappa shape index (κ3) is 3.51. The van der Waals surface area contributed by atoms with Gasteiger partial charge in [0.05, 0.1) is 5.69 Å². The zero-order valence-corrected chi connectivity index (χ0v) is 14.1. The topological polar surface area (TPSA) is 105 Å². The number of para-hydroxylation sites is 1. The summed E-state index contributed by atoms with van der Waals surface area (Å²) < 4.78 is 18.2. The number of rotatable bonds is 6. The maximum absolute atomic E-state index is 13.4. The number of urea groups is 1. The molecule has 0 bridgehead atoms. The molecule has 1 aromatic rings. The number of nitrogens with zero attached hydrogens (tertiary/aromatic N) is 1. The first kappa shape index (κ1) is 17.8. The van der Waals surface area contributed by atoms with Crippen molar-refractivity contribution in [2.45, 2.75) is 25.3 Å². The van der Waals surface area contributed by atoms with E-state index in [1.165, 1.54) is 18.2 Å². The Morgan fingerprint density at radius 3 is 2.69 bits per heavy atom. The van der Waals surface area contributed by atoms with E-state index in [0.717, 1.165) is 17.7 Å². The molecule has 1 saturated heterocycles. The number of hydrogen-bond acceptors (Lipinski definition) is 5. The van der Waals surface area contributed by atoms with E-state index < -0.39 is 48.3 Å². The molecule has 138 valence electrons. The third-order valence-electron chi connectivity index (χ3n) is 4.49. The van der Waals surface area contributed by atoms with E-state index in [9.17, 15) is 23.6 Å². The Morgan fingerprint density at radius 2 is 2.04 bits per heavy atom. The van der Waals surface area contributed by atoms with Gasteiger partial charge in [-0.25, -0.2) is 9.18 Å². The van der Waals surface area contributed by atoms with Crippen molar-refractivity contribution in [3.8, 4) is 0 Å². The lowest BCUT2D eigenvalue weighted by Gasteiger charge is -2.20. The first-order valence-electron chi connectivity index (χ1n) is 8.15. The second kappa shape index (κ2) is 6.74. The Kier molecular flexibility index (Phi) is 4.62. The average Bonchev–Trinajstić information content (AvgIpc) is 3.41. The van der Waals surface area contributed by atoms with Gasteiger partial charge in [-0.1, -0.05) is 12.1 Å². The van der Waals surface area contributed by atoms with E-state index in [0.29, 0.717) is 0 Å². The molecule has 1 aliphatic carbocycles. The van der Waals surface area contributed by atoms with Gasteiger partial charge in [-0.15, -0.1) is 0 Å².